The van der Waals surface area contributed by atoms with E-state index in [9.17, 15) is 22.0 Å². The quantitative estimate of drug-likeness (QED) is 0.313. The minimum Gasteiger partial charge on any atom is -0.481 e. The van der Waals surface area contributed by atoms with Crippen LogP contribution in [0.15, 0.2) is 47.4 Å². The first-order valence-electron chi connectivity index (χ1n) is 10.3. The lowest BCUT2D eigenvalue weighted by atomic mass is 10.3. The average Bonchev–Trinajstić information content (AvgIpc) is 3.26. The molecule has 0 saturated carbocycles. The van der Waals surface area contributed by atoms with Crippen LogP contribution in [0.5, 0.6) is 11.9 Å². The predicted molar refractivity (Wildman–Crippen MR) is 128 cm³/mol. The highest BCUT2D eigenvalue weighted by Gasteiger charge is 2.32. The molecule has 4 rings (SSSR count). The molecule has 4 aromatic rings. The number of fused-ring (bicyclic) bond motifs is 1. The van der Waals surface area contributed by atoms with Crippen LogP contribution >= 0.6 is 11.6 Å². The first kappa shape index (κ1) is 26.0. The van der Waals surface area contributed by atoms with Crippen LogP contribution in [0.2, 0.25) is 0 Å². The minimum absolute atomic E-state index is 0.00553. The number of ether oxygens (including phenoxy) is 2. The molecular weight excluding hydrogens is 536 g/mol. The zero-order valence-electron chi connectivity index (χ0n) is 19.4. The van der Waals surface area contributed by atoms with E-state index in [4.69, 9.17) is 21.1 Å². The largest absolute Gasteiger partial charge is 0.481 e. The standard InChI is InChI=1S/C21H18ClF2N7O5S/c1-11-8-15(21(22,23)24)31-17(25-11)9-14(29-31)19(32)26-12-4-6-13(7-5-12)37(33,34)30-16-10-18(35-2)28-20(27-16)36-3/h4-10H,1-3H3,(H,26,32)(H,27,28,30). The van der Waals surface area contributed by atoms with Crippen molar-refractivity contribution < 1.29 is 31.5 Å². The van der Waals surface area contributed by atoms with Crippen molar-refractivity contribution in [2.45, 2.75) is 17.2 Å². The van der Waals surface area contributed by atoms with Crippen molar-refractivity contribution in [1.82, 2.24) is 24.6 Å². The topological polar surface area (TPSA) is 150 Å². The maximum Gasteiger partial charge on any atom is 0.364 e. The van der Waals surface area contributed by atoms with Crippen molar-refractivity contribution in [3.8, 4) is 11.9 Å². The number of carbonyl (C=O) groups is 1. The molecule has 0 fully saturated rings. The number of hydrogen-bond acceptors (Lipinski definition) is 9. The van der Waals surface area contributed by atoms with Crippen LogP contribution in [0.25, 0.3) is 5.65 Å². The van der Waals surface area contributed by atoms with Gasteiger partial charge in [0, 0.05) is 23.5 Å². The molecule has 0 spiro atoms. The lowest BCUT2D eigenvalue weighted by molar-refractivity contribution is 0.0868. The highest BCUT2D eigenvalue weighted by molar-refractivity contribution is 7.92. The van der Waals surface area contributed by atoms with Crippen molar-refractivity contribution in [2.75, 3.05) is 24.3 Å². The van der Waals surface area contributed by atoms with Crippen molar-refractivity contribution >= 4 is 44.7 Å². The Morgan fingerprint density at radius 3 is 2.38 bits per heavy atom. The number of amides is 1. The van der Waals surface area contributed by atoms with Crippen molar-refractivity contribution in [2.24, 2.45) is 0 Å². The molecule has 0 radical (unpaired) electrons. The maximum absolute atomic E-state index is 13.8. The number of rotatable bonds is 8. The molecule has 0 aliphatic heterocycles. The number of aromatic nitrogens is 5. The smallest absolute Gasteiger partial charge is 0.364 e. The van der Waals surface area contributed by atoms with Gasteiger partial charge in [0.2, 0.25) is 5.88 Å². The molecule has 1 aromatic carbocycles. The zero-order valence-corrected chi connectivity index (χ0v) is 20.9. The predicted octanol–water partition coefficient (Wildman–Crippen LogP) is 3.19. The molecule has 16 heteroatoms. The molecular formula is C21H18ClF2N7O5S. The number of methoxy groups -OCH3 is 2. The third-order valence-corrected chi connectivity index (χ3v) is 6.38. The first-order chi connectivity index (χ1) is 17.4. The summed E-state index contributed by atoms with van der Waals surface area (Å²) in [6.07, 6.45) is 0. The van der Waals surface area contributed by atoms with E-state index in [1.54, 1.807) is 0 Å². The van der Waals surface area contributed by atoms with E-state index in [0.717, 1.165) is 10.6 Å². The van der Waals surface area contributed by atoms with Crippen LogP contribution in [-0.2, 0) is 15.4 Å². The Labute approximate surface area is 213 Å². The summed E-state index contributed by atoms with van der Waals surface area (Å²) in [5.41, 5.74) is -0.356. The summed E-state index contributed by atoms with van der Waals surface area (Å²) >= 11 is 5.16. The minimum atomic E-state index is -4.07. The molecule has 3 heterocycles. The highest BCUT2D eigenvalue weighted by atomic mass is 35.5. The van der Waals surface area contributed by atoms with Crippen LogP contribution in [0, 0.1) is 6.92 Å². The normalized spacial score (nSPS) is 11.8. The SMILES string of the molecule is COc1cc(NS(=O)(=O)c2ccc(NC(=O)c3cc4nc(C)cc(C(F)(F)Cl)n4n3)cc2)nc(OC)n1. The molecule has 0 aliphatic rings. The van der Waals surface area contributed by atoms with Gasteiger partial charge in [-0.2, -0.15) is 23.8 Å². The summed E-state index contributed by atoms with van der Waals surface area (Å²) in [6, 6.07) is 8.62. The van der Waals surface area contributed by atoms with Crippen molar-refractivity contribution in [1.29, 1.82) is 0 Å². The van der Waals surface area contributed by atoms with E-state index in [2.05, 4.69) is 30.1 Å². The van der Waals surface area contributed by atoms with Gasteiger partial charge in [-0.3, -0.25) is 9.52 Å². The summed E-state index contributed by atoms with van der Waals surface area (Å²) in [7, 11) is -1.41. The third-order valence-electron chi connectivity index (χ3n) is 4.81. The summed E-state index contributed by atoms with van der Waals surface area (Å²) in [5, 5.41) is 2.67. The average molecular weight is 554 g/mol. The number of nitrogens with one attached hydrogen (secondary N) is 2. The van der Waals surface area contributed by atoms with Gasteiger partial charge in [-0.15, -0.1) is 0 Å². The van der Waals surface area contributed by atoms with Crippen LogP contribution < -0.4 is 19.5 Å². The number of carbonyl (C=O) groups excluding carboxylic acids is 1. The molecule has 1 amide bonds. The number of anilines is 2. The van der Waals surface area contributed by atoms with E-state index in [1.807, 2.05) is 0 Å². The fourth-order valence-electron chi connectivity index (χ4n) is 3.17. The van der Waals surface area contributed by atoms with Gasteiger partial charge in [0.1, 0.15) is 5.69 Å². The number of alkyl halides is 3. The van der Waals surface area contributed by atoms with Crippen molar-refractivity contribution in [3.63, 3.8) is 0 Å². The number of hydrogen-bond donors (Lipinski definition) is 2. The number of aryl methyl sites for hydroxylation is 1. The maximum atomic E-state index is 13.8. The van der Waals surface area contributed by atoms with Crippen LogP contribution in [0.4, 0.5) is 20.3 Å². The fourth-order valence-corrected chi connectivity index (χ4v) is 4.30. The number of sulfonamides is 1. The third kappa shape index (κ3) is 5.67. The van der Waals surface area contributed by atoms with Crippen molar-refractivity contribution in [3.05, 3.63) is 59.5 Å². The van der Waals surface area contributed by atoms with Crippen LogP contribution in [0.3, 0.4) is 0 Å². The lowest BCUT2D eigenvalue weighted by Crippen LogP contribution is -2.16. The Hall–Kier alpha value is -4.11. The van der Waals surface area contributed by atoms with Gasteiger partial charge >= 0.3 is 11.4 Å². The molecule has 0 unspecified atom stereocenters. The molecule has 37 heavy (non-hydrogen) atoms. The van der Waals surface area contributed by atoms with Gasteiger partial charge in [-0.25, -0.2) is 17.9 Å². The highest BCUT2D eigenvalue weighted by Crippen LogP contribution is 2.32. The number of benzene rings is 1. The van der Waals surface area contributed by atoms with Gasteiger partial charge < -0.3 is 14.8 Å². The number of nitrogens with zero attached hydrogens (tertiary/aromatic N) is 5. The second-order valence-electron chi connectivity index (χ2n) is 7.45. The number of halogens is 3. The summed E-state index contributed by atoms with van der Waals surface area (Å²) in [4.78, 5) is 24.4. The molecule has 3 aromatic heterocycles. The van der Waals surface area contributed by atoms with E-state index < -0.39 is 27.0 Å². The second-order valence-corrected chi connectivity index (χ2v) is 9.60. The first-order valence-corrected chi connectivity index (χ1v) is 12.1. The van der Waals surface area contributed by atoms with Gasteiger partial charge in [0.15, 0.2) is 17.2 Å². The fraction of sp³-hybridized carbons (Fsp3) is 0.190. The molecule has 0 atom stereocenters. The van der Waals surface area contributed by atoms with Crippen LogP contribution in [0.1, 0.15) is 21.9 Å². The van der Waals surface area contributed by atoms with Crippen LogP contribution in [-0.4, -0.2) is 53.1 Å². The van der Waals surface area contributed by atoms with Gasteiger partial charge in [-0.1, -0.05) is 0 Å². The Balaban J connectivity index is 1.53. The molecule has 0 saturated heterocycles. The molecule has 0 aliphatic carbocycles. The Kier molecular flexibility index (Phi) is 6.84. The molecule has 12 nitrogen and oxygen atoms in total. The Morgan fingerprint density at radius 2 is 1.76 bits per heavy atom. The van der Waals surface area contributed by atoms with E-state index in [1.165, 1.54) is 57.5 Å². The molecule has 194 valence electrons. The lowest BCUT2D eigenvalue weighted by Gasteiger charge is -2.10. The molecule has 2 N–H and O–H groups in total. The summed E-state index contributed by atoms with van der Waals surface area (Å²) in [5.74, 6) is -0.735. The van der Waals surface area contributed by atoms with E-state index in [-0.39, 0.29) is 45.3 Å². The van der Waals surface area contributed by atoms with E-state index >= 15 is 0 Å². The Bertz CT molecular complexity index is 1570. The monoisotopic (exact) mass is 553 g/mol. The van der Waals surface area contributed by atoms with Gasteiger partial charge in [0.25, 0.3) is 15.9 Å². The Morgan fingerprint density at radius 1 is 1.05 bits per heavy atom. The van der Waals surface area contributed by atoms with E-state index in [0.29, 0.717) is 0 Å². The summed E-state index contributed by atoms with van der Waals surface area (Å²) in [6.45, 7) is 1.50. The van der Waals surface area contributed by atoms with Gasteiger partial charge in [0.05, 0.1) is 19.1 Å². The second kappa shape index (κ2) is 9.74. The molecule has 0 bridgehead atoms. The summed E-state index contributed by atoms with van der Waals surface area (Å²) < 4.78 is 66.1. The zero-order chi connectivity index (χ0) is 27.0. The van der Waals surface area contributed by atoms with Gasteiger partial charge in [-0.05, 0) is 48.9 Å².